The number of hydrogen-bond acceptors (Lipinski definition) is 4. The number of hydrogen-bond donors (Lipinski definition) is 0. The molecule has 0 aromatic heterocycles. The standard InChI is InChI=1S/C27H37N3O3S/c1-21-7-5-6-8-25(21)28-17-19-29(20-18-28)26(31)22-13-15-30(16-14-22)34(32,33)24-11-9-23(10-12-24)27(2,3)4/h5-12,22H,13-20H2,1-4H3. The highest BCUT2D eigenvalue weighted by Gasteiger charge is 2.35. The van der Waals surface area contributed by atoms with Crippen molar-refractivity contribution in [2.45, 2.75) is 50.8 Å². The highest BCUT2D eigenvalue weighted by atomic mass is 32.2. The zero-order valence-corrected chi connectivity index (χ0v) is 21.6. The van der Waals surface area contributed by atoms with Crippen molar-refractivity contribution in [2.75, 3.05) is 44.2 Å². The molecule has 0 unspecified atom stereocenters. The van der Waals surface area contributed by atoms with Gasteiger partial charge in [-0.1, -0.05) is 51.1 Å². The Labute approximate surface area is 204 Å². The summed E-state index contributed by atoms with van der Waals surface area (Å²) in [6.07, 6.45) is 1.16. The molecule has 0 radical (unpaired) electrons. The lowest BCUT2D eigenvalue weighted by Gasteiger charge is -2.39. The normalized spacial score (nSPS) is 18.8. The van der Waals surface area contributed by atoms with Gasteiger partial charge in [0.15, 0.2) is 0 Å². The summed E-state index contributed by atoms with van der Waals surface area (Å²) in [5, 5.41) is 0. The van der Waals surface area contributed by atoms with Crippen molar-refractivity contribution in [1.82, 2.24) is 9.21 Å². The molecule has 0 N–H and O–H groups in total. The fourth-order valence-corrected chi connectivity index (χ4v) is 6.43. The smallest absolute Gasteiger partial charge is 0.243 e. The molecule has 6 nitrogen and oxygen atoms in total. The van der Waals surface area contributed by atoms with E-state index in [1.807, 2.05) is 23.1 Å². The van der Waals surface area contributed by atoms with Gasteiger partial charge in [-0.2, -0.15) is 4.31 Å². The van der Waals surface area contributed by atoms with Crippen LogP contribution < -0.4 is 4.90 Å². The average molecular weight is 484 g/mol. The molecule has 0 spiro atoms. The number of piperazine rings is 1. The van der Waals surface area contributed by atoms with Crippen molar-refractivity contribution in [3.63, 3.8) is 0 Å². The number of amides is 1. The minimum atomic E-state index is -3.54. The maximum absolute atomic E-state index is 13.2. The van der Waals surface area contributed by atoms with E-state index in [1.54, 1.807) is 16.4 Å². The van der Waals surface area contributed by atoms with Crippen molar-refractivity contribution < 1.29 is 13.2 Å². The van der Waals surface area contributed by atoms with Gasteiger partial charge in [-0.25, -0.2) is 8.42 Å². The fourth-order valence-electron chi connectivity index (χ4n) is 4.96. The van der Waals surface area contributed by atoms with Crippen molar-refractivity contribution in [2.24, 2.45) is 5.92 Å². The number of piperidine rings is 1. The van der Waals surface area contributed by atoms with Crippen LogP contribution >= 0.6 is 0 Å². The van der Waals surface area contributed by atoms with Crippen molar-refractivity contribution in [1.29, 1.82) is 0 Å². The summed E-state index contributed by atoms with van der Waals surface area (Å²) in [4.78, 5) is 17.8. The Morgan fingerprint density at radius 1 is 0.853 bits per heavy atom. The number of carbonyl (C=O) groups is 1. The second kappa shape index (κ2) is 9.70. The summed E-state index contributed by atoms with van der Waals surface area (Å²) in [7, 11) is -3.54. The first-order valence-electron chi connectivity index (χ1n) is 12.3. The highest BCUT2D eigenvalue weighted by Crippen LogP contribution is 2.28. The van der Waals surface area contributed by atoms with E-state index in [1.165, 1.54) is 11.3 Å². The van der Waals surface area contributed by atoms with Gasteiger partial charge >= 0.3 is 0 Å². The summed E-state index contributed by atoms with van der Waals surface area (Å²) in [6.45, 7) is 12.3. The van der Waals surface area contributed by atoms with Crippen LogP contribution in [0.1, 0.15) is 44.7 Å². The van der Waals surface area contributed by atoms with E-state index < -0.39 is 10.0 Å². The maximum atomic E-state index is 13.2. The fraction of sp³-hybridized carbons (Fsp3) is 0.519. The van der Waals surface area contributed by atoms with Crippen LogP contribution in [0.25, 0.3) is 0 Å². The Kier molecular flexibility index (Phi) is 7.06. The summed E-state index contributed by atoms with van der Waals surface area (Å²) in [6, 6.07) is 15.6. The van der Waals surface area contributed by atoms with Crippen molar-refractivity contribution in [3.05, 3.63) is 59.7 Å². The van der Waals surface area contributed by atoms with E-state index in [-0.39, 0.29) is 17.2 Å². The summed E-state index contributed by atoms with van der Waals surface area (Å²) in [5.74, 6) is 0.0794. The summed E-state index contributed by atoms with van der Waals surface area (Å²) in [5.41, 5.74) is 3.58. The van der Waals surface area contributed by atoms with E-state index in [2.05, 4.69) is 50.8 Å². The Morgan fingerprint density at radius 2 is 1.44 bits per heavy atom. The van der Waals surface area contributed by atoms with E-state index in [0.29, 0.717) is 43.9 Å². The van der Waals surface area contributed by atoms with Gasteiger partial charge in [0, 0.05) is 50.9 Å². The monoisotopic (exact) mass is 483 g/mol. The van der Waals surface area contributed by atoms with Crippen LogP contribution in [0.3, 0.4) is 0 Å². The molecule has 2 aromatic carbocycles. The van der Waals surface area contributed by atoms with Crippen LogP contribution in [0.4, 0.5) is 5.69 Å². The molecule has 2 aliphatic heterocycles. The quantitative estimate of drug-likeness (QED) is 0.659. The van der Waals surface area contributed by atoms with Gasteiger partial charge in [0.2, 0.25) is 15.9 Å². The molecule has 2 fully saturated rings. The van der Waals surface area contributed by atoms with Crippen molar-refractivity contribution >= 4 is 21.6 Å². The molecule has 2 heterocycles. The predicted octanol–water partition coefficient (Wildman–Crippen LogP) is 4.04. The van der Waals surface area contributed by atoms with Gasteiger partial charge in [0.1, 0.15) is 0 Å². The van der Waals surface area contributed by atoms with Gasteiger partial charge in [-0.3, -0.25) is 4.79 Å². The Balaban J connectivity index is 1.32. The van der Waals surface area contributed by atoms with Gasteiger partial charge in [0.05, 0.1) is 4.90 Å². The first-order chi connectivity index (χ1) is 16.1. The Bertz CT molecular complexity index is 1110. The molecule has 2 saturated heterocycles. The van der Waals surface area contributed by atoms with Crippen LogP contribution in [-0.2, 0) is 20.2 Å². The third-order valence-electron chi connectivity index (χ3n) is 7.21. The summed E-state index contributed by atoms with van der Waals surface area (Å²) >= 11 is 0. The second-order valence-electron chi connectivity index (χ2n) is 10.6. The summed E-state index contributed by atoms with van der Waals surface area (Å²) < 4.78 is 27.8. The Hall–Kier alpha value is -2.38. The molecule has 1 amide bonds. The largest absolute Gasteiger partial charge is 0.368 e. The molecule has 7 heteroatoms. The van der Waals surface area contributed by atoms with E-state index in [0.717, 1.165) is 18.7 Å². The lowest BCUT2D eigenvalue weighted by molar-refractivity contribution is -0.137. The lowest BCUT2D eigenvalue weighted by Crippen LogP contribution is -2.52. The molecule has 2 aliphatic rings. The molecule has 34 heavy (non-hydrogen) atoms. The SMILES string of the molecule is Cc1ccccc1N1CCN(C(=O)C2CCN(S(=O)(=O)c3ccc(C(C)(C)C)cc3)CC2)CC1. The van der Waals surface area contributed by atoms with Crippen LogP contribution in [0, 0.1) is 12.8 Å². The van der Waals surface area contributed by atoms with Crippen LogP contribution in [0.5, 0.6) is 0 Å². The zero-order chi connectivity index (χ0) is 24.5. The number of benzene rings is 2. The van der Waals surface area contributed by atoms with Crippen LogP contribution in [-0.4, -0.2) is 62.8 Å². The molecule has 0 aliphatic carbocycles. The third-order valence-corrected chi connectivity index (χ3v) is 9.12. The number of aryl methyl sites for hydroxylation is 1. The number of nitrogens with zero attached hydrogens (tertiary/aromatic N) is 3. The molecule has 0 bridgehead atoms. The number of sulfonamides is 1. The predicted molar refractivity (Wildman–Crippen MR) is 137 cm³/mol. The molecule has 0 atom stereocenters. The highest BCUT2D eigenvalue weighted by molar-refractivity contribution is 7.89. The molecule has 4 rings (SSSR count). The molecular formula is C27H37N3O3S. The maximum Gasteiger partial charge on any atom is 0.243 e. The van der Waals surface area contributed by atoms with E-state index >= 15 is 0 Å². The van der Waals surface area contributed by atoms with E-state index in [4.69, 9.17) is 0 Å². The lowest BCUT2D eigenvalue weighted by atomic mass is 9.87. The van der Waals surface area contributed by atoms with Gasteiger partial charge in [-0.05, 0) is 54.5 Å². The molecular weight excluding hydrogens is 446 g/mol. The first kappa shape index (κ1) is 24.7. The second-order valence-corrected chi connectivity index (χ2v) is 12.5. The van der Waals surface area contributed by atoms with Crippen LogP contribution in [0.2, 0.25) is 0 Å². The molecule has 2 aromatic rings. The molecule has 0 saturated carbocycles. The zero-order valence-electron chi connectivity index (χ0n) is 20.8. The van der Waals surface area contributed by atoms with E-state index in [9.17, 15) is 13.2 Å². The minimum Gasteiger partial charge on any atom is -0.368 e. The van der Waals surface area contributed by atoms with Crippen LogP contribution in [0.15, 0.2) is 53.4 Å². The number of anilines is 1. The first-order valence-corrected chi connectivity index (χ1v) is 13.7. The average Bonchev–Trinajstić information content (AvgIpc) is 2.84. The number of carbonyl (C=O) groups excluding carboxylic acids is 1. The number of rotatable bonds is 4. The van der Waals surface area contributed by atoms with Crippen molar-refractivity contribution in [3.8, 4) is 0 Å². The minimum absolute atomic E-state index is 0.0214. The van der Waals surface area contributed by atoms with Gasteiger partial charge in [-0.15, -0.1) is 0 Å². The third kappa shape index (κ3) is 5.15. The van der Waals surface area contributed by atoms with Gasteiger partial charge < -0.3 is 9.80 Å². The Morgan fingerprint density at radius 3 is 2.00 bits per heavy atom. The molecule has 184 valence electrons. The van der Waals surface area contributed by atoms with Gasteiger partial charge in [0.25, 0.3) is 0 Å². The number of para-hydroxylation sites is 1. The topological polar surface area (TPSA) is 60.9 Å².